The Morgan fingerprint density at radius 2 is 2.06 bits per heavy atom. The molecule has 2 aromatic rings. The number of anilines is 1. The highest BCUT2D eigenvalue weighted by Gasteiger charge is 2.32. The number of imidazole rings is 1. The highest BCUT2D eigenvalue weighted by Crippen LogP contribution is 2.41. The number of aromatic nitrogens is 3. The summed E-state index contributed by atoms with van der Waals surface area (Å²) >= 11 is 0. The Labute approximate surface area is 180 Å². The summed E-state index contributed by atoms with van der Waals surface area (Å²) in [5.41, 5.74) is 5.18. The van der Waals surface area contributed by atoms with Crippen molar-refractivity contribution in [1.82, 2.24) is 19.4 Å². The zero-order chi connectivity index (χ0) is 21.5. The second-order valence-corrected chi connectivity index (χ2v) is 8.10. The number of pyridine rings is 1. The van der Waals surface area contributed by atoms with Crippen LogP contribution >= 0.6 is 0 Å². The third kappa shape index (κ3) is 3.43. The van der Waals surface area contributed by atoms with E-state index in [1.165, 1.54) is 0 Å². The van der Waals surface area contributed by atoms with Crippen LogP contribution in [0.15, 0.2) is 18.5 Å². The number of nitriles is 1. The molecule has 1 amide bonds. The molecule has 5 rings (SSSR count). The Morgan fingerprint density at radius 3 is 2.68 bits per heavy atom. The number of aryl methyl sites for hydroxylation is 2. The summed E-state index contributed by atoms with van der Waals surface area (Å²) in [6.45, 7) is 5.40. The topological polar surface area (TPSA) is 96.5 Å². The first-order chi connectivity index (χ1) is 15.0. The van der Waals surface area contributed by atoms with Crippen LogP contribution in [0.5, 0.6) is 0 Å². The molecule has 2 aromatic heterocycles. The summed E-state index contributed by atoms with van der Waals surface area (Å²) in [4.78, 5) is 25.5. The second-order valence-electron chi connectivity index (χ2n) is 8.10. The zero-order valence-electron chi connectivity index (χ0n) is 17.7. The lowest BCUT2D eigenvalue weighted by Crippen LogP contribution is -2.51. The maximum absolute atomic E-state index is 12.3. The molecule has 0 N–H and O–H groups in total. The molecule has 9 heteroatoms. The van der Waals surface area contributed by atoms with Gasteiger partial charge in [0.25, 0.3) is 0 Å². The lowest BCUT2D eigenvalue weighted by Gasteiger charge is -2.37. The van der Waals surface area contributed by atoms with Crippen molar-refractivity contribution in [3.05, 3.63) is 41.2 Å². The van der Waals surface area contributed by atoms with Crippen molar-refractivity contribution in [3.63, 3.8) is 0 Å². The third-order valence-electron chi connectivity index (χ3n) is 6.19. The predicted molar refractivity (Wildman–Crippen MR) is 113 cm³/mol. The van der Waals surface area contributed by atoms with E-state index < -0.39 is 0 Å². The summed E-state index contributed by atoms with van der Waals surface area (Å²) in [5.74, 6) is 0.903. The fourth-order valence-electron chi connectivity index (χ4n) is 4.25. The number of allylic oxidation sites excluding steroid dienone is 2. The SMILES string of the molecule is Cc1nc(C2=C(C#N)c3c(N4CCN(C(=O)OC5COC5)CC4)ccnc3C2)cn1C. The van der Waals surface area contributed by atoms with Crippen LogP contribution < -0.4 is 4.90 Å². The molecular weight excluding hydrogens is 396 g/mol. The van der Waals surface area contributed by atoms with Crippen LogP contribution in [0.1, 0.15) is 22.8 Å². The van der Waals surface area contributed by atoms with Gasteiger partial charge in [-0.05, 0) is 13.0 Å². The standard InChI is InChI=1S/C22H24N6O3/c1-14-25-19(11-26(14)2)16-9-18-21(17(16)10-23)20(3-4-24-18)27-5-7-28(8-6-27)22(29)31-15-12-30-13-15/h3-4,11,15H,5-9,12-13H2,1-2H3. The molecule has 2 saturated heterocycles. The molecule has 2 fully saturated rings. The van der Waals surface area contributed by atoms with Gasteiger partial charge in [-0.2, -0.15) is 5.26 Å². The van der Waals surface area contributed by atoms with E-state index in [9.17, 15) is 10.1 Å². The van der Waals surface area contributed by atoms with E-state index in [1.807, 2.05) is 30.8 Å². The average Bonchev–Trinajstić information content (AvgIpc) is 3.30. The fraction of sp³-hybridized carbons (Fsp3) is 0.455. The van der Waals surface area contributed by atoms with Crippen LogP contribution in [-0.4, -0.2) is 71.0 Å². The van der Waals surface area contributed by atoms with Crippen molar-refractivity contribution in [3.8, 4) is 6.07 Å². The maximum atomic E-state index is 12.3. The van der Waals surface area contributed by atoms with Gasteiger partial charge in [-0.3, -0.25) is 4.98 Å². The number of hydrogen-bond donors (Lipinski definition) is 0. The van der Waals surface area contributed by atoms with Crippen molar-refractivity contribution < 1.29 is 14.3 Å². The Hall–Kier alpha value is -3.38. The van der Waals surface area contributed by atoms with Crippen molar-refractivity contribution in [2.75, 3.05) is 44.3 Å². The minimum absolute atomic E-state index is 0.119. The van der Waals surface area contributed by atoms with Gasteiger partial charge in [0.2, 0.25) is 0 Å². The Morgan fingerprint density at radius 1 is 1.29 bits per heavy atom. The van der Waals surface area contributed by atoms with E-state index in [0.29, 0.717) is 51.4 Å². The van der Waals surface area contributed by atoms with E-state index in [0.717, 1.165) is 34.0 Å². The minimum Gasteiger partial charge on any atom is -0.441 e. The Bertz CT molecular complexity index is 1080. The van der Waals surface area contributed by atoms with Crippen LogP contribution in [0.2, 0.25) is 0 Å². The summed E-state index contributed by atoms with van der Waals surface area (Å²) in [7, 11) is 1.95. The molecule has 0 bridgehead atoms. The molecule has 9 nitrogen and oxygen atoms in total. The van der Waals surface area contributed by atoms with Crippen molar-refractivity contribution in [1.29, 1.82) is 5.26 Å². The summed E-state index contributed by atoms with van der Waals surface area (Å²) in [5, 5.41) is 10.0. The van der Waals surface area contributed by atoms with Gasteiger partial charge < -0.3 is 23.8 Å². The Kier molecular flexibility index (Phi) is 4.87. The summed E-state index contributed by atoms with van der Waals surface area (Å²) in [6, 6.07) is 4.37. The van der Waals surface area contributed by atoms with Gasteiger partial charge in [-0.1, -0.05) is 0 Å². The molecule has 0 unspecified atom stereocenters. The summed E-state index contributed by atoms with van der Waals surface area (Å²) < 4.78 is 12.4. The Balaban J connectivity index is 1.38. The van der Waals surface area contributed by atoms with Crippen LogP contribution in [-0.2, 0) is 22.9 Å². The van der Waals surface area contributed by atoms with Crippen molar-refractivity contribution in [2.24, 2.45) is 7.05 Å². The average molecular weight is 420 g/mol. The van der Waals surface area contributed by atoms with Gasteiger partial charge in [-0.15, -0.1) is 0 Å². The first-order valence-corrected chi connectivity index (χ1v) is 10.4. The molecule has 3 aliphatic rings. The van der Waals surface area contributed by atoms with Gasteiger partial charge in [0, 0.05) is 68.9 Å². The number of nitrogens with zero attached hydrogens (tertiary/aromatic N) is 6. The molecular formula is C22H24N6O3. The molecule has 0 saturated carbocycles. The monoisotopic (exact) mass is 420 g/mol. The van der Waals surface area contributed by atoms with Crippen LogP contribution in [0.4, 0.5) is 10.5 Å². The third-order valence-corrected chi connectivity index (χ3v) is 6.19. The van der Waals surface area contributed by atoms with Gasteiger partial charge in [0.15, 0.2) is 6.10 Å². The highest BCUT2D eigenvalue weighted by atomic mass is 16.6. The smallest absolute Gasteiger partial charge is 0.410 e. The second kappa shape index (κ2) is 7.71. The maximum Gasteiger partial charge on any atom is 0.410 e. The number of ether oxygens (including phenoxy) is 2. The first kappa shape index (κ1) is 19.6. The van der Waals surface area contributed by atoms with Crippen LogP contribution in [0.3, 0.4) is 0 Å². The lowest BCUT2D eigenvalue weighted by molar-refractivity contribution is -0.104. The van der Waals surface area contributed by atoms with Crippen molar-refractivity contribution in [2.45, 2.75) is 19.4 Å². The lowest BCUT2D eigenvalue weighted by atomic mass is 10.0. The molecule has 0 aromatic carbocycles. The van der Waals surface area contributed by atoms with Gasteiger partial charge >= 0.3 is 6.09 Å². The minimum atomic E-state index is -0.279. The molecule has 0 atom stereocenters. The number of carbonyl (C=O) groups is 1. The van der Waals surface area contributed by atoms with E-state index in [2.05, 4.69) is 20.9 Å². The molecule has 0 spiro atoms. The van der Waals surface area contributed by atoms with E-state index in [1.54, 1.807) is 11.1 Å². The molecule has 160 valence electrons. The molecule has 2 aliphatic heterocycles. The molecule has 31 heavy (non-hydrogen) atoms. The quantitative estimate of drug-likeness (QED) is 0.747. The number of carbonyl (C=O) groups excluding carboxylic acids is 1. The normalized spacial score (nSPS) is 18.6. The first-order valence-electron chi connectivity index (χ1n) is 10.4. The van der Waals surface area contributed by atoms with Crippen molar-refractivity contribution >= 4 is 22.9 Å². The fourth-order valence-corrected chi connectivity index (χ4v) is 4.25. The molecule has 0 radical (unpaired) electrons. The largest absolute Gasteiger partial charge is 0.441 e. The highest BCUT2D eigenvalue weighted by molar-refractivity contribution is 6.04. The van der Waals surface area contributed by atoms with Gasteiger partial charge in [0.1, 0.15) is 11.9 Å². The van der Waals surface area contributed by atoms with E-state index in [4.69, 9.17) is 9.47 Å². The number of fused-ring (bicyclic) bond motifs is 1. The van der Waals surface area contributed by atoms with E-state index >= 15 is 0 Å². The van der Waals surface area contributed by atoms with Crippen LogP contribution in [0, 0.1) is 18.3 Å². The predicted octanol–water partition coefficient (Wildman–Crippen LogP) is 1.77. The molecule has 1 aliphatic carbocycles. The number of amides is 1. The number of hydrogen-bond acceptors (Lipinski definition) is 7. The zero-order valence-corrected chi connectivity index (χ0v) is 17.7. The number of rotatable bonds is 3. The molecule has 4 heterocycles. The summed E-state index contributed by atoms with van der Waals surface area (Å²) in [6.07, 6.45) is 3.96. The van der Waals surface area contributed by atoms with Gasteiger partial charge in [0.05, 0.1) is 30.2 Å². The van der Waals surface area contributed by atoms with E-state index in [-0.39, 0.29) is 12.2 Å². The van der Waals surface area contributed by atoms with Gasteiger partial charge in [-0.25, -0.2) is 9.78 Å². The van der Waals surface area contributed by atoms with Crippen LogP contribution in [0.25, 0.3) is 11.1 Å². The number of piperazine rings is 1.